The van der Waals surface area contributed by atoms with Crippen molar-refractivity contribution in [2.75, 3.05) is 46.9 Å². The molecule has 0 aromatic heterocycles. The van der Waals surface area contributed by atoms with Gasteiger partial charge < -0.3 is 15.0 Å². The second-order valence-electron chi connectivity index (χ2n) is 5.79. The summed E-state index contributed by atoms with van der Waals surface area (Å²) in [6, 6.07) is 8.95. The Bertz CT molecular complexity index is 394. The summed E-state index contributed by atoms with van der Waals surface area (Å²) in [7, 11) is 3.91. The summed E-state index contributed by atoms with van der Waals surface area (Å²) in [5.41, 5.74) is 3.13. The largest absolute Gasteiger partial charge is 0.383 e. The lowest BCUT2D eigenvalue weighted by Crippen LogP contribution is -2.33. The highest BCUT2D eigenvalue weighted by Gasteiger charge is 2.18. The molecule has 1 atom stereocenters. The second kappa shape index (κ2) is 8.40. The number of likely N-dealkylation sites (N-methyl/N-ethyl adjacent to an activating group) is 1. The van der Waals surface area contributed by atoms with Gasteiger partial charge in [-0.3, -0.25) is 0 Å². The van der Waals surface area contributed by atoms with Crippen LogP contribution in [0, 0.1) is 0 Å². The highest BCUT2D eigenvalue weighted by Crippen LogP contribution is 2.30. The van der Waals surface area contributed by atoms with E-state index in [1.54, 1.807) is 18.2 Å². The van der Waals surface area contributed by atoms with Crippen molar-refractivity contribution in [1.29, 1.82) is 0 Å². The number of benzene rings is 1. The van der Waals surface area contributed by atoms with Crippen molar-refractivity contribution >= 4 is 0 Å². The van der Waals surface area contributed by atoms with Gasteiger partial charge in [0.25, 0.3) is 0 Å². The Kier molecular flexibility index (Phi) is 6.51. The quantitative estimate of drug-likeness (QED) is 0.737. The molecule has 0 aliphatic heterocycles. The smallest absolute Gasteiger partial charge is 0.0589 e. The molecular formula is C17H28N2O. The molecule has 2 rings (SSSR count). The second-order valence-corrected chi connectivity index (χ2v) is 5.79. The van der Waals surface area contributed by atoms with Crippen molar-refractivity contribution in [3.8, 4) is 0 Å². The first-order valence-electron chi connectivity index (χ1n) is 7.77. The lowest BCUT2D eigenvalue weighted by molar-refractivity contribution is 0.161. The van der Waals surface area contributed by atoms with Gasteiger partial charge in [-0.2, -0.15) is 0 Å². The molecule has 0 saturated carbocycles. The normalized spacial score (nSPS) is 18.2. The standard InChI is InChI=1S/C17H28N2O/c1-19(12-13-20-2)11-10-18-14-16-8-5-7-15-6-3-4-9-17(15)16/h3-4,6,9,16,18H,5,7-8,10-14H2,1-2H3. The zero-order chi connectivity index (χ0) is 14.2. The monoisotopic (exact) mass is 276 g/mol. The van der Waals surface area contributed by atoms with Crippen LogP contribution in [-0.2, 0) is 11.2 Å². The molecule has 1 aromatic rings. The fraction of sp³-hybridized carbons (Fsp3) is 0.647. The molecule has 0 spiro atoms. The number of nitrogens with zero attached hydrogens (tertiary/aromatic N) is 1. The molecule has 3 nitrogen and oxygen atoms in total. The summed E-state index contributed by atoms with van der Waals surface area (Å²) in [5, 5.41) is 3.62. The molecular weight excluding hydrogens is 248 g/mol. The van der Waals surface area contributed by atoms with E-state index < -0.39 is 0 Å². The average Bonchev–Trinajstić information content (AvgIpc) is 2.49. The number of ether oxygens (including phenoxy) is 1. The van der Waals surface area contributed by atoms with Gasteiger partial charge in [-0.1, -0.05) is 24.3 Å². The molecule has 1 N–H and O–H groups in total. The van der Waals surface area contributed by atoms with Gasteiger partial charge in [0.15, 0.2) is 0 Å². The van der Waals surface area contributed by atoms with Gasteiger partial charge in [0, 0.05) is 33.3 Å². The predicted molar refractivity (Wildman–Crippen MR) is 84.4 cm³/mol. The molecule has 20 heavy (non-hydrogen) atoms. The van der Waals surface area contributed by atoms with Crippen molar-refractivity contribution in [2.24, 2.45) is 0 Å². The van der Waals surface area contributed by atoms with E-state index in [9.17, 15) is 0 Å². The number of methoxy groups -OCH3 is 1. The van der Waals surface area contributed by atoms with Crippen molar-refractivity contribution in [3.05, 3.63) is 35.4 Å². The number of aryl methyl sites for hydroxylation is 1. The third-order valence-corrected chi connectivity index (χ3v) is 4.23. The fourth-order valence-electron chi connectivity index (χ4n) is 2.97. The Morgan fingerprint density at radius 3 is 3.00 bits per heavy atom. The van der Waals surface area contributed by atoms with Crippen LogP contribution in [0.25, 0.3) is 0 Å². The van der Waals surface area contributed by atoms with Gasteiger partial charge in [0.1, 0.15) is 0 Å². The number of rotatable bonds is 8. The summed E-state index contributed by atoms with van der Waals surface area (Å²) >= 11 is 0. The van der Waals surface area contributed by atoms with E-state index in [-0.39, 0.29) is 0 Å². The van der Waals surface area contributed by atoms with Gasteiger partial charge in [0.05, 0.1) is 6.61 Å². The minimum Gasteiger partial charge on any atom is -0.383 e. The van der Waals surface area contributed by atoms with Gasteiger partial charge in [-0.25, -0.2) is 0 Å². The Morgan fingerprint density at radius 1 is 1.30 bits per heavy atom. The van der Waals surface area contributed by atoms with E-state index in [0.717, 1.165) is 32.8 Å². The topological polar surface area (TPSA) is 24.5 Å². The number of nitrogens with one attached hydrogen (secondary N) is 1. The van der Waals surface area contributed by atoms with E-state index in [1.165, 1.54) is 19.3 Å². The van der Waals surface area contributed by atoms with Crippen LogP contribution >= 0.6 is 0 Å². The first-order valence-corrected chi connectivity index (χ1v) is 7.77. The maximum atomic E-state index is 5.09. The average molecular weight is 276 g/mol. The molecule has 1 aromatic carbocycles. The fourth-order valence-corrected chi connectivity index (χ4v) is 2.97. The number of hydrogen-bond acceptors (Lipinski definition) is 3. The Hall–Kier alpha value is -0.900. The first-order chi connectivity index (χ1) is 9.81. The van der Waals surface area contributed by atoms with E-state index in [1.807, 2.05) is 0 Å². The Labute approximate surface area is 123 Å². The Morgan fingerprint density at radius 2 is 2.15 bits per heavy atom. The summed E-state index contributed by atoms with van der Waals surface area (Å²) < 4.78 is 5.09. The Balaban J connectivity index is 1.70. The van der Waals surface area contributed by atoms with Crippen molar-refractivity contribution in [3.63, 3.8) is 0 Å². The highest BCUT2D eigenvalue weighted by molar-refractivity contribution is 5.32. The van der Waals surface area contributed by atoms with Crippen LogP contribution in [0.5, 0.6) is 0 Å². The lowest BCUT2D eigenvalue weighted by Gasteiger charge is -2.26. The van der Waals surface area contributed by atoms with Crippen LogP contribution in [0.1, 0.15) is 29.9 Å². The molecule has 0 amide bonds. The molecule has 3 heteroatoms. The van der Waals surface area contributed by atoms with Crippen LogP contribution in [0.15, 0.2) is 24.3 Å². The minimum absolute atomic E-state index is 0.698. The van der Waals surface area contributed by atoms with Crippen molar-refractivity contribution < 1.29 is 4.74 Å². The van der Waals surface area contributed by atoms with E-state index >= 15 is 0 Å². The van der Waals surface area contributed by atoms with Crippen LogP contribution in [0.4, 0.5) is 0 Å². The minimum atomic E-state index is 0.698. The summed E-state index contributed by atoms with van der Waals surface area (Å²) in [6.45, 7) is 5.06. The maximum absolute atomic E-state index is 5.09. The highest BCUT2D eigenvalue weighted by atomic mass is 16.5. The van der Waals surface area contributed by atoms with Crippen molar-refractivity contribution in [2.45, 2.75) is 25.2 Å². The summed E-state index contributed by atoms with van der Waals surface area (Å²) in [6.07, 6.45) is 3.91. The van der Waals surface area contributed by atoms with Gasteiger partial charge in [0.2, 0.25) is 0 Å². The van der Waals surface area contributed by atoms with E-state index in [2.05, 4.69) is 41.5 Å². The third-order valence-electron chi connectivity index (χ3n) is 4.23. The number of fused-ring (bicyclic) bond motifs is 1. The van der Waals surface area contributed by atoms with Crippen molar-refractivity contribution in [1.82, 2.24) is 10.2 Å². The van der Waals surface area contributed by atoms with Crippen LogP contribution in [-0.4, -0.2) is 51.8 Å². The van der Waals surface area contributed by atoms with Gasteiger partial charge >= 0.3 is 0 Å². The van der Waals surface area contributed by atoms with Crippen LogP contribution in [0.3, 0.4) is 0 Å². The molecule has 1 aliphatic carbocycles. The predicted octanol–water partition coefficient (Wildman–Crippen LogP) is 2.27. The lowest BCUT2D eigenvalue weighted by atomic mass is 9.83. The molecule has 0 fully saturated rings. The maximum Gasteiger partial charge on any atom is 0.0589 e. The van der Waals surface area contributed by atoms with Gasteiger partial charge in [-0.05, 0) is 43.4 Å². The third kappa shape index (κ3) is 4.58. The van der Waals surface area contributed by atoms with Crippen LogP contribution < -0.4 is 5.32 Å². The summed E-state index contributed by atoms with van der Waals surface area (Å²) in [5.74, 6) is 0.698. The van der Waals surface area contributed by atoms with Crippen LogP contribution in [0.2, 0.25) is 0 Å². The molecule has 1 unspecified atom stereocenters. The first kappa shape index (κ1) is 15.5. The van der Waals surface area contributed by atoms with Gasteiger partial charge in [-0.15, -0.1) is 0 Å². The summed E-state index contributed by atoms with van der Waals surface area (Å²) in [4.78, 5) is 2.31. The van der Waals surface area contributed by atoms with E-state index in [0.29, 0.717) is 5.92 Å². The molecule has 1 aliphatic rings. The molecule has 0 heterocycles. The molecule has 0 bridgehead atoms. The SMILES string of the molecule is COCCN(C)CCNCC1CCCc2ccccc21. The van der Waals surface area contributed by atoms with E-state index in [4.69, 9.17) is 4.74 Å². The molecule has 0 radical (unpaired) electrons. The number of hydrogen-bond donors (Lipinski definition) is 1. The molecule has 0 saturated heterocycles. The zero-order valence-electron chi connectivity index (χ0n) is 12.9. The molecule has 112 valence electrons. The zero-order valence-corrected chi connectivity index (χ0v) is 12.9.